The van der Waals surface area contributed by atoms with Crippen molar-refractivity contribution in [2.24, 2.45) is 11.7 Å². The molecule has 1 atom stereocenters. The van der Waals surface area contributed by atoms with Crippen molar-refractivity contribution in [2.45, 2.75) is 44.4 Å². The van der Waals surface area contributed by atoms with Crippen LogP contribution in [0.4, 0.5) is 4.39 Å². The van der Waals surface area contributed by atoms with E-state index >= 15 is 0 Å². The number of nitrogens with one attached hydrogen (secondary N) is 1. The summed E-state index contributed by atoms with van der Waals surface area (Å²) >= 11 is 0. The maximum absolute atomic E-state index is 13.0. The van der Waals surface area contributed by atoms with E-state index in [9.17, 15) is 17.6 Å². The number of rotatable bonds is 7. The largest absolute Gasteiger partial charge is 0.369 e. The number of hydrogen-bond donors (Lipinski definition) is 2. The highest BCUT2D eigenvalue weighted by atomic mass is 32.2. The molecule has 0 spiro atoms. The van der Waals surface area contributed by atoms with E-state index in [1.807, 2.05) is 26.8 Å². The fraction of sp³-hybridized carbons (Fsp3) is 0.381. The van der Waals surface area contributed by atoms with Crippen molar-refractivity contribution in [2.75, 3.05) is 6.54 Å². The van der Waals surface area contributed by atoms with Gasteiger partial charge >= 0.3 is 0 Å². The van der Waals surface area contributed by atoms with Crippen LogP contribution in [0, 0.1) is 18.7 Å². The summed E-state index contributed by atoms with van der Waals surface area (Å²) in [5, 5.41) is 0. The van der Waals surface area contributed by atoms with Crippen LogP contribution in [0.2, 0.25) is 0 Å². The van der Waals surface area contributed by atoms with Crippen LogP contribution in [0.25, 0.3) is 0 Å². The van der Waals surface area contributed by atoms with Gasteiger partial charge in [0, 0.05) is 6.54 Å². The summed E-state index contributed by atoms with van der Waals surface area (Å²) < 4.78 is 41.2. The Morgan fingerprint density at radius 2 is 1.75 bits per heavy atom. The third-order valence-electron chi connectivity index (χ3n) is 4.66. The molecule has 0 aromatic heterocycles. The van der Waals surface area contributed by atoms with Gasteiger partial charge in [0.05, 0.1) is 10.8 Å². The molecule has 0 radical (unpaired) electrons. The molecule has 0 aliphatic heterocycles. The van der Waals surface area contributed by atoms with Gasteiger partial charge in [-0.15, -0.1) is 0 Å². The second-order valence-corrected chi connectivity index (χ2v) is 9.75. The van der Waals surface area contributed by atoms with Crippen LogP contribution < -0.4 is 10.5 Å². The van der Waals surface area contributed by atoms with Crippen molar-refractivity contribution in [3.05, 3.63) is 65.0 Å². The van der Waals surface area contributed by atoms with Crippen molar-refractivity contribution < 1.29 is 17.6 Å². The average Bonchev–Trinajstić information content (AvgIpc) is 2.59. The topological polar surface area (TPSA) is 89.3 Å². The molecule has 7 heteroatoms. The molecule has 0 saturated carbocycles. The number of sulfonamides is 1. The molecule has 0 saturated heterocycles. The number of carbonyl (C=O) groups is 1. The number of amides is 1. The van der Waals surface area contributed by atoms with Gasteiger partial charge < -0.3 is 5.73 Å². The Hall–Kier alpha value is -2.25. The molecule has 2 rings (SSSR count). The van der Waals surface area contributed by atoms with Crippen LogP contribution >= 0.6 is 0 Å². The first-order chi connectivity index (χ1) is 12.9. The highest BCUT2D eigenvalue weighted by Crippen LogP contribution is 2.26. The van der Waals surface area contributed by atoms with Crippen LogP contribution in [-0.4, -0.2) is 20.9 Å². The normalized spacial score (nSPS) is 13.3. The molecule has 1 unspecified atom stereocenters. The molecule has 152 valence electrons. The zero-order chi connectivity index (χ0) is 21.1. The Kier molecular flexibility index (Phi) is 6.62. The van der Waals surface area contributed by atoms with Gasteiger partial charge in [0.25, 0.3) is 0 Å². The Morgan fingerprint density at radius 3 is 2.29 bits per heavy atom. The van der Waals surface area contributed by atoms with Gasteiger partial charge in [-0.1, -0.05) is 45.0 Å². The van der Waals surface area contributed by atoms with E-state index < -0.39 is 21.8 Å². The van der Waals surface area contributed by atoms with Crippen LogP contribution in [0.15, 0.2) is 47.4 Å². The first-order valence-corrected chi connectivity index (χ1v) is 10.5. The molecule has 3 N–H and O–H groups in total. The highest BCUT2D eigenvalue weighted by molar-refractivity contribution is 7.89. The second-order valence-electron chi connectivity index (χ2n) is 8.01. The quantitative estimate of drug-likeness (QED) is 0.741. The number of halogens is 1. The van der Waals surface area contributed by atoms with Gasteiger partial charge in [0.2, 0.25) is 15.9 Å². The Balaban J connectivity index is 2.20. The van der Waals surface area contributed by atoms with Crippen molar-refractivity contribution >= 4 is 15.9 Å². The molecule has 0 aliphatic carbocycles. The fourth-order valence-corrected chi connectivity index (χ4v) is 4.17. The summed E-state index contributed by atoms with van der Waals surface area (Å²) in [7, 11) is -3.82. The molecule has 1 amide bonds. The summed E-state index contributed by atoms with van der Waals surface area (Å²) in [6.07, 6.45) is 0.221. The van der Waals surface area contributed by atoms with Gasteiger partial charge in [-0.25, -0.2) is 17.5 Å². The van der Waals surface area contributed by atoms with Crippen LogP contribution in [0.5, 0.6) is 0 Å². The minimum absolute atomic E-state index is 0.131. The van der Waals surface area contributed by atoms with E-state index in [-0.39, 0.29) is 29.1 Å². The summed E-state index contributed by atoms with van der Waals surface area (Å²) in [5.41, 5.74) is 7.47. The number of aryl methyl sites for hydroxylation is 1. The highest BCUT2D eigenvalue weighted by Gasteiger charge is 2.24. The molecule has 2 aromatic rings. The van der Waals surface area contributed by atoms with Crippen LogP contribution in [0.3, 0.4) is 0 Å². The molecular formula is C21H27FN2O3S. The fourth-order valence-electron chi connectivity index (χ4n) is 2.82. The van der Waals surface area contributed by atoms with Crippen molar-refractivity contribution in [1.29, 1.82) is 0 Å². The number of primary amides is 1. The third-order valence-corrected chi connectivity index (χ3v) is 6.23. The summed E-state index contributed by atoms with van der Waals surface area (Å²) in [5.74, 6) is -1.74. The Morgan fingerprint density at radius 1 is 1.14 bits per heavy atom. The van der Waals surface area contributed by atoms with Gasteiger partial charge in [0.1, 0.15) is 5.82 Å². The SMILES string of the molecule is Cc1ccc(C(C)(C)C)cc1S(=O)(=O)NCC(Cc1ccc(F)cc1)C(N)=O. The lowest BCUT2D eigenvalue weighted by Gasteiger charge is -2.21. The van der Waals surface area contributed by atoms with E-state index in [0.717, 1.165) is 5.56 Å². The lowest BCUT2D eigenvalue weighted by Crippen LogP contribution is -2.37. The smallest absolute Gasteiger partial charge is 0.240 e. The van der Waals surface area contributed by atoms with E-state index in [4.69, 9.17) is 5.73 Å². The van der Waals surface area contributed by atoms with Gasteiger partial charge in [-0.2, -0.15) is 0 Å². The van der Waals surface area contributed by atoms with Gasteiger partial charge in [-0.3, -0.25) is 4.79 Å². The summed E-state index contributed by atoms with van der Waals surface area (Å²) in [6, 6.07) is 11.0. The molecule has 0 heterocycles. The standard InChI is InChI=1S/C21H27FN2O3S/c1-14-5-8-17(21(2,3)4)12-19(14)28(26,27)24-13-16(20(23)25)11-15-6-9-18(22)10-7-15/h5-10,12,16,24H,11,13H2,1-4H3,(H2,23,25). The van der Waals surface area contributed by atoms with E-state index in [2.05, 4.69) is 4.72 Å². The zero-order valence-electron chi connectivity index (χ0n) is 16.6. The van der Waals surface area contributed by atoms with E-state index in [0.29, 0.717) is 11.1 Å². The monoisotopic (exact) mass is 406 g/mol. The molecule has 28 heavy (non-hydrogen) atoms. The molecule has 0 aliphatic rings. The summed E-state index contributed by atoms with van der Waals surface area (Å²) in [6.45, 7) is 7.62. The number of carbonyl (C=O) groups excluding carboxylic acids is 1. The van der Waals surface area contributed by atoms with E-state index in [1.54, 1.807) is 31.2 Å². The Labute approximate surface area is 166 Å². The van der Waals surface area contributed by atoms with Crippen molar-refractivity contribution in [3.63, 3.8) is 0 Å². The summed E-state index contributed by atoms with van der Waals surface area (Å²) in [4.78, 5) is 12.0. The zero-order valence-corrected chi connectivity index (χ0v) is 17.4. The molecule has 5 nitrogen and oxygen atoms in total. The average molecular weight is 407 g/mol. The minimum Gasteiger partial charge on any atom is -0.369 e. The van der Waals surface area contributed by atoms with Crippen molar-refractivity contribution in [1.82, 2.24) is 4.72 Å². The Bertz CT molecular complexity index is 949. The molecular weight excluding hydrogens is 379 g/mol. The molecule has 2 aromatic carbocycles. The molecule has 0 bridgehead atoms. The number of nitrogens with two attached hydrogens (primary N) is 1. The van der Waals surface area contributed by atoms with Gasteiger partial charge in [0.15, 0.2) is 0 Å². The second kappa shape index (κ2) is 8.41. The first-order valence-electron chi connectivity index (χ1n) is 9.05. The third kappa shape index (κ3) is 5.62. The van der Waals surface area contributed by atoms with Crippen LogP contribution in [-0.2, 0) is 26.7 Å². The predicted octanol–water partition coefficient (Wildman–Crippen LogP) is 3.05. The van der Waals surface area contributed by atoms with Crippen molar-refractivity contribution in [3.8, 4) is 0 Å². The van der Waals surface area contributed by atoms with E-state index in [1.165, 1.54) is 12.1 Å². The molecule has 0 fully saturated rings. The maximum atomic E-state index is 13.0. The number of benzene rings is 2. The maximum Gasteiger partial charge on any atom is 0.240 e. The lowest BCUT2D eigenvalue weighted by atomic mass is 9.87. The van der Waals surface area contributed by atoms with Gasteiger partial charge in [-0.05, 0) is 53.6 Å². The predicted molar refractivity (Wildman–Crippen MR) is 108 cm³/mol. The first kappa shape index (κ1) is 22.0. The van der Waals surface area contributed by atoms with Crippen LogP contribution in [0.1, 0.15) is 37.5 Å². The lowest BCUT2D eigenvalue weighted by molar-refractivity contribution is -0.121. The number of hydrogen-bond acceptors (Lipinski definition) is 3. The minimum atomic E-state index is -3.82.